The van der Waals surface area contributed by atoms with Crippen molar-refractivity contribution in [1.29, 1.82) is 0 Å². The van der Waals surface area contributed by atoms with E-state index >= 15 is 0 Å². The maximum atomic E-state index is 13.2. The number of hydrogen-bond donors (Lipinski definition) is 1. The first-order valence-electron chi connectivity index (χ1n) is 3.97. The van der Waals surface area contributed by atoms with E-state index in [1.54, 1.807) is 13.0 Å². The molecule has 0 fully saturated rings. The van der Waals surface area contributed by atoms with E-state index in [4.69, 9.17) is 5.73 Å². The number of hydrogen-bond acceptors (Lipinski definition) is 1. The van der Waals surface area contributed by atoms with Crippen molar-refractivity contribution < 1.29 is 4.39 Å². The van der Waals surface area contributed by atoms with Gasteiger partial charge in [0.15, 0.2) is 0 Å². The van der Waals surface area contributed by atoms with Crippen LogP contribution < -0.4 is 5.73 Å². The zero-order valence-corrected chi connectivity index (χ0v) is 7.89. The molecule has 0 heterocycles. The van der Waals surface area contributed by atoms with E-state index in [-0.39, 0.29) is 17.4 Å². The third-order valence-corrected chi connectivity index (χ3v) is 1.37. The molecule has 0 aromatic carbocycles. The highest BCUT2D eigenvalue weighted by Gasteiger charge is 2.04. The van der Waals surface area contributed by atoms with Crippen LogP contribution in [0.25, 0.3) is 0 Å². The number of halogens is 1. The van der Waals surface area contributed by atoms with E-state index in [0.29, 0.717) is 5.57 Å². The SMILES string of the molecule is C=C(N)C(=C/C)/C(F)=C\C(C)C. The second-order valence-electron chi connectivity index (χ2n) is 2.99. The molecule has 0 aliphatic carbocycles. The van der Waals surface area contributed by atoms with Crippen molar-refractivity contribution in [3.8, 4) is 0 Å². The average Bonchev–Trinajstić information content (AvgIpc) is 1.85. The Labute approximate surface area is 73.5 Å². The lowest BCUT2D eigenvalue weighted by molar-refractivity contribution is 0.632. The molecule has 1 nitrogen and oxygen atoms in total. The maximum absolute atomic E-state index is 13.2. The van der Waals surface area contributed by atoms with Crippen LogP contribution in [-0.4, -0.2) is 0 Å². The molecule has 0 radical (unpaired) electrons. The van der Waals surface area contributed by atoms with Crippen LogP contribution >= 0.6 is 0 Å². The van der Waals surface area contributed by atoms with E-state index in [0.717, 1.165) is 0 Å². The van der Waals surface area contributed by atoms with Gasteiger partial charge in [0.1, 0.15) is 5.83 Å². The fourth-order valence-electron chi connectivity index (χ4n) is 0.859. The largest absolute Gasteiger partial charge is 0.399 e. The van der Waals surface area contributed by atoms with E-state index in [9.17, 15) is 4.39 Å². The van der Waals surface area contributed by atoms with Crippen molar-refractivity contribution in [2.24, 2.45) is 11.7 Å². The van der Waals surface area contributed by atoms with Crippen molar-refractivity contribution in [2.75, 3.05) is 0 Å². The Morgan fingerprint density at radius 3 is 2.25 bits per heavy atom. The molecule has 0 aromatic heterocycles. The van der Waals surface area contributed by atoms with Gasteiger partial charge in [0, 0.05) is 11.3 Å². The Morgan fingerprint density at radius 2 is 2.00 bits per heavy atom. The molecular formula is C10H16FN. The molecule has 0 aliphatic rings. The van der Waals surface area contributed by atoms with Crippen LogP contribution in [0.2, 0.25) is 0 Å². The summed E-state index contributed by atoms with van der Waals surface area (Å²) in [6, 6.07) is 0. The van der Waals surface area contributed by atoms with Crippen LogP contribution in [0.4, 0.5) is 4.39 Å². The summed E-state index contributed by atoms with van der Waals surface area (Å²) in [7, 11) is 0. The lowest BCUT2D eigenvalue weighted by Crippen LogP contribution is -2.00. The van der Waals surface area contributed by atoms with Crippen molar-refractivity contribution in [3.63, 3.8) is 0 Å². The molecular weight excluding hydrogens is 153 g/mol. The predicted molar refractivity (Wildman–Crippen MR) is 51.1 cm³/mol. The van der Waals surface area contributed by atoms with Crippen LogP contribution in [0.15, 0.2) is 35.8 Å². The Hall–Kier alpha value is -1.05. The summed E-state index contributed by atoms with van der Waals surface area (Å²) in [5.41, 5.74) is 6.04. The summed E-state index contributed by atoms with van der Waals surface area (Å²) in [6.45, 7) is 9.04. The molecule has 0 amide bonds. The predicted octanol–water partition coefficient (Wildman–Crippen LogP) is 2.91. The van der Waals surface area contributed by atoms with Crippen LogP contribution in [0.5, 0.6) is 0 Å². The molecule has 2 heteroatoms. The number of nitrogens with two attached hydrogens (primary N) is 1. The third kappa shape index (κ3) is 3.37. The van der Waals surface area contributed by atoms with Crippen molar-refractivity contribution >= 4 is 0 Å². The maximum Gasteiger partial charge on any atom is 0.128 e. The van der Waals surface area contributed by atoms with Gasteiger partial charge in [-0.05, 0) is 18.9 Å². The molecule has 0 aromatic rings. The van der Waals surface area contributed by atoms with Crippen LogP contribution in [-0.2, 0) is 0 Å². The summed E-state index contributed by atoms with van der Waals surface area (Å²) in [4.78, 5) is 0. The van der Waals surface area contributed by atoms with Gasteiger partial charge >= 0.3 is 0 Å². The zero-order chi connectivity index (χ0) is 9.72. The Kier molecular flexibility index (Phi) is 4.34. The Balaban J connectivity index is 4.66. The third-order valence-electron chi connectivity index (χ3n) is 1.37. The number of allylic oxidation sites excluding steroid dienone is 3. The normalized spacial score (nSPS) is 13.8. The standard InChI is InChI=1S/C10H16FN/c1-5-9(8(4)12)10(11)6-7(2)3/h5-7H,4,12H2,1-3H3/b9-5-,10-6+. The van der Waals surface area contributed by atoms with Gasteiger partial charge in [0.25, 0.3) is 0 Å². The molecule has 0 spiro atoms. The van der Waals surface area contributed by atoms with Crippen LogP contribution in [0.3, 0.4) is 0 Å². The fourth-order valence-corrected chi connectivity index (χ4v) is 0.859. The van der Waals surface area contributed by atoms with E-state index in [1.165, 1.54) is 6.08 Å². The molecule has 0 unspecified atom stereocenters. The minimum atomic E-state index is -0.292. The van der Waals surface area contributed by atoms with Gasteiger partial charge in [0.05, 0.1) is 0 Å². The molecule has 0 rings (SSSR count). The number of rotatable bonds is 3. The van der Waals surface area contributed by atoms with E-state index < -0.39 is 0 Å². The van der Waals surface area contributed by atoms with Gasteiger partial charge in [-0.3, -0.25) is 0 Å². The summed E-state index contributed by atoms with van der Waals surface area (Å²) < 4.78 is 13.2. The minimum Gasteiger partial charge on any atom is -0.399 e. The fraction of sp³-hybridized carbons (Fsp3) is 0.400. The molecule has 0 aliphatic heterocycles. The van der Waals surface area contributed by atoms with E-state index in [2.05, 4.69) is 6.58 Å². The molecule has 0 atom stereocenters. The molecule has 68 valence electrons. The second-order valence-corrected chi connectivity index (χ2v) is 2.99. The van der Waals surface area contributed by atoms with E-state index in [1.807, 2.05) is 13.8 Å². The van der Waals surface area contributed by atoms with Gasteiger partial charge in [-0.1, -0.05) is 26.5 Å². The van der Waals surface area contributed by atoms with Gasteiger partial charge in [0.2, 0.25) is 0 Å². The van der Waals surface area contributed by atoms with Crippen LogP contribution in [0.1, 0.15) is 20.8 Å². The van der Waals surface area contributed by atoms with Gasteiger partial charge in [-0.2, -0.15) is 0 Å². The Morgan fingerprint density at radius 1 is 1.50 bits per heavy atom. The summed E-state index contributed by atoms with van der Waals surface area (Å²) in [5, 5.41) is 0. The zero-order valence-electron chi connectivity index (χ0n) is 7.89. The topological polar surface area (TPSA) is 26.0 Å². The summed E-state index contributed by atoms with van der Waals surface area (Å²) in [6.07, 6.45) is 3.14. The molecule has 0 bridgehead atoms. The molecule has 0 saturated carbocycles. The second kappa shape index (κ2) is 4.75. The highest BCUT2D eigenvalue weighted by molar-refractivity contribution is 5.39. The molecule has 2 N–H and O–H groups in total. The molecule has 0 saturated heterocycles. The van der Waals surface area contributed by atoms with Gasteiger partial charge < -0.3 is 5.73 Å². The first kappa shape index (κ1) is 11.0. The lowest BCUT2D eigenvalue weighted by Gasteiger charge is -2.04. The van der Waals surface area contributed by atoms with Gasteiger partial charge in [-0.15, -0.1) is 0 Å². The lowest BCUT2D eigenvalue weighted by atomic mass is 10.1. The Bertz CT molecular complexity index is 224. The highest BCUT2D eigenvalue weighted by Crippen LogP contribution is 2.17. The van der Waals surface area contributed by atoms with Crippen molar-refractivity contribution in [2.45, 2.75) is 20.8 Å². The highest BCUT2D eigenvalue weighted by atomic mass is 19.1. The smallest absolute Gasteiger partial charge is 0.128 e. The summed E-state index contributed by atoms with van der Waals surface area (Å²) >= 11 is 0. The van der Waals surface area contributed by atoms with Gasteiger partial charge in [-0.25, -0.2) is 4.39 Å². The minimum absolute atomic E-state index is 0.180. The molecule has 12 heavy (non-hydrogen) atoms. The summed E-state index contributed by atoms with van der Waals surface area (Å²) in [5.74, 6) is -0.112. The van der Waals surface area contributed by atoms with Crippen molar-refractivity contribution in [3.05, 3.63) is 35.8 Å². The first-order valence-corrected chi connectivity index (χ1v) is 3.97. The van der Waals surface area contributed by atoms with Crippen molar-refractivity contribution in [1.82, 2.24) is 0 Å². The first-order chi connectivity index (χ1) is 5.49. The quantitative estimate of drug-likeness (QED) is 0.646. The van der Waals surface area contributed by atoms with Crippen LogP contribution in [0, 0.1) is 5.92 Å². The monoisotopic (exact) mass is 169 g/mol. The average molecular weight is 169 g/mol.